The van der Waals surface area contributed by atoms with Crippen molar-refractivity contribution in [2.24, 2.45) is 0 Å². The lowest BCUT2D eigenvalue weighted by Crippen LogP contribution is -2.25. The topological polar surface area (TPSA) is 73.2 Å². The summed E-state index contributed by atoms with van der Waals surface area (Å²) in [5.41, 5.74) is 3.98. The number of esters is 1. The van der Waals surface area contributed by atoms with E-state index in [-0.39, 0.29) is 24.0 Å². The van der Waals surface area contributed by atoms with Crippen LogP contribution < -0.4 is 5.32 Å². The second-order valence-electron chi connectivity index (χ2n) is 8.79. The molecule has 0 saturated heterocycles. The fourth-order valence-corrected chi connectivity index (χ4v) is 4.26. The Morgan fingerprint density at radius 1 is 0.895 bits per heavy atom. The van der Waals surface area contributed by atoms with Gasteiger partial charge in [0.15, 0.2) is 5.69 Å². The third-order valence-corrected chi connectivity index (χ3v) is 6.23. The minimum Gasteiger partial charge on any atom is -0.461 e. The van der Waals surface area contributed by atoms with Crippen molar-refractivity contribution in [3.8, 4) is 16.9 Å². The molecule has 0 fully saturated rings. The zero-order chi connectivity index (χ0) is 26.5. The molecule has 6 nitrogen and oxygen atoms in total. The third kappa shape index (κ3) is 5.47. The number of nitrogens with one attached hydrogen (secondary N) is 1. The van der Waals surface area contributed by atoms with Crippen LogP contribution in [0.2, 0.25) is 0 Å². The van der Waals surface area contributed by atoms with Gasteiger partial charge in [0.2, 0.25) is 0 Å². The molecule has 0 aliphatic carbocycles. The van der Waals surface area contributed by atoms with E-state index in [0.717, 1.165) is 27.6 Å². The van der Waals surface area contributed by atoms with Gasteiger partial charge in [-0.15, -0.1) is 0 Å². The number of benzene rings is 4. The normalized spacial score (nSPS) is 10.9. The van der Waals surface area contributed by atoms with Crippen LogP contribution in [0, 0.1) is 5.82 Å². The molecule has 190 valence electrons. The fraction of sp³-hybridized carbons (Fsp3) is 0.129. The van der Waals surface area contributed by atoms with E-state index >= 15 is 0 Å². The summed E-state index contributed by atoms with van der Waals surface area (Å²) in [4.78, 5) is 25.1. The maximum absolute atomic E-state index is 13.1. The predicted molar refractivity (Wildman–Crippen MR) is 145 cm³/mol. The highest BCUT2D eigenvalue weighted by Gasteiger charge is 2.18. The highest BCUT2D eigenvalue weighted by Crippen LogP contribution is 2.28. The zero-order valence-electron chi connectivity index (χ0n) is 20.9. The number of nitrogens with zero attached hydrogens (tertiary/aromatic N) is 2. The second-order valence-corrected chi connectivity index (χ2v) is 8.79. The van der Waals surface area contributed by atoms with Crippen LogP contribution in [-0.2, 0) is 11.2 Å². The van der Waals surface area contributed by atoms with Gasteiger partial charge in [-0.1, -0.05) is 48.5 Å². The molecule has 5 aromatic rings. The molecule has 0 spiro atoms. The molecular weight excluding hydrogens is 481 g/mol. The molecule has 7 heteroatoms. The van der Waals surface area contributed by atoms with Gasteiger partial charge in [0.05, 0.1) is 18.0 Å². The highest BCUT2D eigenvalue weighted by molar-refractivity contribution is 5.94. The molecule has 0 bridgehead atoms. The van der Waals surface area contributed by atoms with Gasteiger partial charge in [0, 0.05) is 17.7 Å². The molecule has 0 saturated carbocycles. The van der Waals surface area contributed by atoms with Gasteiger partial charge in [0.1, 0.15) is 5.82 Å². The molecular formula is C31H26FN3O3. The number of hydrogen-bond donors (Lipinski definition) is 1. The van der Waals surface area contributed by atoms with Crippen molar-refractivity contribution >= 4 is 22.6 Å². The number of hydrogen-bond acceptors (Lipinski definition) is 4. The van der Waals surface area contributed by atoms with Crippen molar-refractivity contribution in [3.05, 3.63) is 120 Å². The number of aromatic nitrogens is 2. The molecule has 1 N–H and O–H groups in total. The van der Waals surface area contributed by atoms with E-state index in [1.54, 1.807) is 54.1 Å². The average molecular weight is 508 g/mol. The van der Waals surface area contributed by atoms with Crippen molar-refractivity contribution in [1.29, 1.82) is 0 Å². The molecule has 1 amide bonds. The van der Waals surface area contributed by atoms with Gasteiger partial charge in [-0.25, -0.2) is 13.9 Å². The molecule has 5 rings (SSSR count). The van der Waals surface area contributed by atoms with Gasteiger partial charge in [-0.05, 0) is 78.2 Å². The molecule has 0 unspecified atom stereocenters. The molecule has 1 aromatic heterocycles. The summed E-state index contributed by atoms with van der Waals surface area (Å²) in [6.07, 6.45) is 0.600. The largest absolute Gasteiger partial charge is 0.461 e. The van der Waals surface area contributed by atoms with E-state index in [4.69, 9.17) is 4.74 Å². The summed E-state index contributed by atoms with van der Waals surface area (Å²) in [5, 5.41) is 9.61. The van der Waals surface area contributed by atoms with Gasteiger partial charge in [0.25, 0.3) is 5.91 Å². The lowest BCUT2D eigenvalue weighted by Gasteiger charge is -2.10. The smallest absolute Gasteiger partial charge is 0.358 e. The Hall–Kier alpha value is -4.78. The lowest BCUT2D eigenvalue weighted by atomic mass is 10.0. The Morgan fingerprint density at radius 2 is 1.63 bits per heavy atom. The van der Waals surface area contributed by atoms with Crippen molar-refractivity contribution in [3.63, 3.8) is 0 Å². The molecule has 4 aromatic carbocycles. The minimum absolute atomic E-state index is 0.206. The van der Waals surface area contributed by atoms with Crippen LogP contribution >= 0.6 is 0 Å². The molecule has 0 aliphatic heterocycles. The first-order valence-electron chi connectivity index (χ1n) is 12.4. The van der Waals surface area contributed by atoms with E-state index in [1.165, 1.54) is 12.1 Å². The van der Waals surface area contributed by atoms with Crippen LogP contribution in [0.3, 0.4) is 0 Å². The fourth-order valence-electron chi connectivity index (χ4n) is 4.26. The van der Waals surface area contributed by atoms with Gasteiger partial charge in [-0.2, -0.15) is 5.10 Å². The maximum Gasteiger partial charge on any atom is 0.358 e. The quantitative estimate of drug-likeness (QED) is 0.262. The van der Waals surface area contributed by atoms with Gasteiger partial charge >= 0.3 is 5.97 Å². The molecule has 0 radical (unpaired) electrons. The van der Waals surface area contributed by atoms with E-state index in [2.05, 4.69) is 16.5 Å². The van der Waals surface area contributed by atoms with Gasteiger partial charge in [-0.3, -0.25) is 4.79 Å². The first-order chi connectivity index (χ1) is 18.5. The molecule has 38 heavy (non-hydrogen) atoms. The zero-order valence-corrected chi connectivity index (χ0v) is 20.9. The van der Waals surface area contributed by atoms with Crippen molar-refractivity contribution in [2.45, 2.75) is 13.3 Å². The van der Waals surface area contributed by atoms with Crippen LogP contribution in [0.5, 0.6) is 0 Å². The monoisotopic (exact) mass is 507 g/mol. The summed E-state index contributed by atoms with van der Waals surface area (Å²) in [6.45, 7) is 2.44. The molecule has 0 aliphatic rings. The molecule has 1 heterocycles. The standard InChI is InChI=1S/C31H26FN3O3/c1-2-38-31(37)28-20-29(25-10-9-22-5-3-4-6-24(22)19-25)35(34-28)27-15-11-23(12-16-27)30(36)33-18-17-21-7-13-26(32)14-8-21/h3-16,19-20H,2,17-18H2,1H3,(H,33,36). The summed E-state index contributed by atoms with van der Waals surface area (Å²) in [6, 6.07) is 29.1. The number of ether oxygens (including phenoxy) is 1. The Balaban J connectivity index is 1.38. The van der Waals surface area contributed by atoms with E-state index in [9.17, 15) is 14.0 Å². The van der Waals surface area contributed by atoms with Crippen LogP contribution in [-0.4, -0.2) is 34.8 Å². The summed E-state index contributed by atoms with van der Waals surface area (Å²) >= 11 is 0. The number of halogens is 1. The highest BCUT2D eigenvalue weighted by atomic mass is 19.1. The van der Waals surface area contributed by atoms with Crippen molar-refractivity contribution in [1.82, 2.24) is 15.1 Å². The molecule has 0 atom stereocenters. The summed E-state index contributed by atoms with van der Waals surface area (Å²) < 4.78 is 19.9. The second kappa shape index (κ2) is 11.1. The van der Waals surface area contributed by atoms with Crippen LogP contribution in [0.25, 0.3) is 27.7 Å². The average Bonchev–Trinajstić information content (AvgIpc) is 3.40. The first-order valence-corrected chi connectivity index (χ1v) is 12.4. The number of amides is 1. The van der Waals surface area contributed by atoms with E-state index in [0.29, 0.717) is 24.2 Å². The number of carbonyl (C=O) groups is 2. The number of carbonyl (C=O) groups excluding carboxylic acids is 2. The summed E-state index contributed by atoms with van der Waals surface area (Å²) in [7, 11) is 0. The summed E-state index contributed by atoms with van der Waals surface area (Å²) in [5.74, 6) is -0.986. The van der Waals surface area contributed by atoms with E-state index in [1.807, 2.05) is 36.4 Å². The van der Waals surface area contributed by atoms with Crippen molar-refractivity contribution < 1.29 is 18.7 Å². The van der Waals surface area contributed by atoms with E-state index < -0.39 is 5.97 Å². The Kier molecular flexibility index (Phi) is 7.26. The third-order valence-electron chi connectivity index (χ3n) is 6.23. The Bertz CT molecular complexity index is 1590. The van der Waals surface area contributed by atoms with Crippen LogP contribution in [0.15, 0.2) is 97.1 Å². The van der Waals surface area contributed by atoms with Crippen LogP contribution in [0.4, 0.5) is 4.39 Å². The number of rotatable bonds is 8. The minimum atomic E-state index is -0.495. The Labute approximate surface area is 219 Å². The maximum atomic E-state index is 13.1. The first kappa shape index (κ1) is 24.9. The van der Waals surface area contributed by atoms with Crippen molar-refractivity contribution in [2.75, 3.05) is 13.2 Å². The van der Waals surface area contributed by atoms with Crippen LogP contribution in [0.1, 0.15) is 33.3 Å². The lowest BCUT2D eigenvalue weighted by molar-refractivity contribution is 0.0518. The number of fused-ring (bicyclic) bond motifs is 1. The Morgan fingerprint density at radius 3 is 2.37 bits per heavy atom. The predicted octanol–water partition coefficient (Wildman–Crippen LogP) is 5.98. The van der Waals surface area contributed by atoms with Gasteiger partial charge < -0.3 is 10.1 Å². The SMILES string of the molecule is CCOC(=O)c1cc(-c2ccc3ccccc3c2)n(-c2ccc(C(=O)NCCc3ccc(F)cc3)cc2)n1.